The summed E-state index contributed by atoms with van der Waals surface area (Å²) in [5.74, 6) is -0.548. The van der Waals surface area contributed by atoms with E-state index in [0.29, 0.717) is 6.54 Å². The molecule has 0 aromatic heterocycles. The molecular weight excluding hydrogens is 440 g/mol. The van der Waals surface area contributed by atoms with Crippen LogP contribution in [0, 0.1) is 0 Å². The summed E-state index contributed by atoms with van der Waals surface area (Å²) in [6, 6.07) is 15.7. The van der Waals surface area contributed by atoms with E-state index in [9.17, 15) is 14.7 Å². The molecular formula is C25H27ClN4O3. The lowest BCUT2D eigenvalue weighted by Crippen LogP contribution is -2.37. The highest BCUT2D eigenvalue weighted by atomic mass is 35.5. The van der Waals surface area contributed by atoms with Gasteiger partial charge in [0.15, 0.2) is 0 Å². The van der Waals surface area contributed by atoms with Crippen LogP contribution < -0.4 is 11.2 Å². The molecule has 0 bridgehead atoms. The zero-order chi connectivity index (χ0) is 23.8. The first-order valence-electron chi connectivity index (χ1n) is 10.7. The average molecular weight is 467 g/mol. The van der Waals surface area contributed by atoms with E-state index in [-0.39, 0.29) is 35.3 Å². The van der Waals surface area contributed by atoms with Gasteiger partial charge in [-0.25, -0.2) is 5.43 Å². The van der Waals surface area contributed by atoms with E-state index < -0.39 is 5.91 Å². The van der Waals surface area contributed by atoms with Crippen molar-refractivity contribution in [2.45, 2.75) is 26.2 Å². The lowest BCUT2D eigenvalue weighted by Gasteiger charge is -2.21. The molecule has 0 saturated carbocycles. The molecule has 33 heavy (non-hydrogen) atoms. The standard InChI is InChI=1S/C25H27ClN4O3/c1-2-3-12-30(16-27)24(32)14-17-8-9-19(21-7-5-4-6-20(17)21)15-28-29-25(33)18-10-11-23(31)22(26)13-18/h4-11,13,15,31H,2-3,12,14,16,27H2,1H3,(H,29,33)/b28-15+. The van der Waals surface area contributed by atoms with Crippen LogP contribution in [-0.4, -0.2) is 41.2 Å². The molecule has 0 radical (unpaired) electrons. The Balaban J connectivity index is 1.77. The number of hydrogen-bond acceptors (Lipinski definition) is 5. The maximum absolute atomic E-state index is 12.8. The quantitative estimate of drug-likeness (QED) is 0.251. The van der Waals surface area contributed by atoms with Crippen molar-refractivity contribution in [2.24, 2.45) is 10.8 Å². The lowest BCUT2D eigenvalue weighted by atomic mass is 9.98. The summed E-state index contributed by atoms with van der Waals surface area (Å²) >= 11 is 5.86. The van der Waals surface area contributed by atoms with Gasteiger partial charge in [-0.1, -0.05) is 61.3 Å². The van der Waals surface area contributed by atoms with Crippen molar-refractivity contribution < 1.29 is 14.7 Å². The van der Waals surface area contributed by atoms with Crippen LogP contribution in [0.5, 0.6) is 5.75 Å². The summed E-state index contributed by atoms with van der Waals surface area (Å²) in [5, 5.41) is 15.5. The Hall–Kier alpha value is -3.42. The number of carbonyl (C=O) groups is 2. The van der Waals surface area contributed by atoms with Gasteiger partial charge in [0.05, 0.1) is 24.3 Å². The number of unbranched alkanes of at least 4 members (excludes halogenated alkanes) is 1. The molecule has 0 unspecified atom stereocenters. The molecule has 0 aliphatic heterocycles. The van der Waals surface area contributed by atoms with Gasteiger partial charge in [0, 0.05) is 17.7 Å². The number of carbonyl (C=O) groups excluding carboxylic acids is 2. The molecule has 7 nitrogen and oxygen atoms in total. The number of benzene rings is 3. The Morgan fingerprint density at radius 2 is 1.91 bits per heavy atom. The third-order valence-electron chi connectivity index (χ3n) is 5.32. The molecule has 0 fully saturated rings. The summed E-state index contributed by atoms with van der Waals surface area (Å²) in [6.45, 7) is 2.93. The number of amides is 2. The summed E-state index contributed by atoms with van der Waals surface area (Å²) in [5.41, 5.74) is 10.2. The minimum absolute atomic E-state index is 0.00246. The van der Waals surface area contributed by atoms with Crippen LogP contribution >= 0.6 is 11.6 Å². The van der Waals surface area contributed by atoms with E-state index in [0.717, 1.165) is 34.7 Å². The Morgan fingerprint density at radius 1 is 1.15 bits per heavy atom. The number of halogens is 1. The van der Waals surface area contributed by atoms with Crippen molar-refractivity contribution in [3.05, 3.63) is 76.3 Å². The molecule has 3 rings (SSSR count). The predicted octanol–water partition coefficient (Wildman–Crippen LogP) is 4.05. The number of fused-ring (bicyclic) bond motifs is 1. The molecule has 0 aliphatic carbocycles. The maximum Gasteiger partial charge on any atom is 0.271 e. The lowest BCUT2D eigenvalue weighted by molar-refractivity contribution is -0.130. The highest BCUT2D eigenvalue weighted by Crippen LogP contribution is 2.24. The number of nitrogens with zero attached hydrogens (tertiary/aromatic N) is 2. The van der Waals surface area contributed by atoms with Crippen LogP contribution in [0.1, 0.15) is 41.3 Å². The Morgan fingerprint density at radius 3 is 2.61 bits per heavy atom. The molecule has 0 heterocycles. The van der Waals surface area contributed by atoms with E-state index >= 15 is 0 Å². The molecule has 8 heteroatoms. The number of nitrogens with two attached hydrogens (primary N) is 1. The summed E-state index contributed by atoms with van der Waals surface area (Å²) < 4.78 is 0. The van der Waals surface area contributed by atoms with Crippen molar-refractivity contribution in [3.63, 3.8) is 0 Å². The van der Waals surface area contributed by atoms with Gasteiger partial charge in [0.2, 0.25) is 5.91 Å². The fourth-order valence-corrected chi connectivity index (χ4v) is 3.65. The molecule has 3 aromatic carbocycles. The highest BCUT2D eigenvalue weighted by molar-refractivity contribution is 6.32. The van der Waals surface area contributed by atoms with Gasteiger partial charge in [0.1, 0.15) is 5.75 Å². The normalized spacial score (nSPS) is 11.1. The first kappa shape index (κ1) is 24.2. The third-order valence-corrected chi connectivity index (χ3v) is 5.63. The molecule has 0 atom stereocenters. The van der Waals surface area contributed by atoms with Crippen LogP contribution in [0.4, 0.5) is 0 Å². The second-order valence-corrected chi connectivity index (χ2v) is 8.00. The number of nitrogens with one attached hydrogen (secondary N) is 1. The van der Waals surface area contributed by atoms with E-state index in [1.54, 1.807) is 11.1 Å². The van der Waals surface area contributed by atoms with Crippen LogP contribution in [0.15, 0.2) is 59.7 Å². The van der Waals surface area contributed by atoms with Gasteiger partial charge in [0.25, 0.3) is 5.91 Å². The molecule has 0 saturated heterocycles. The number of phenols is 1. The van der Waals surface area contributed by atoms with Crippen molar-refractivity contribution in [1.29, 1.82) is 0 Å². The first-order valence-corrected chi connectivity index (χ1v) is 11.1. The topological polar surface area (TPSA) is 108 Å². The average Bonchev–Trinajstić information content (AvgIpc) is 2.82. The molecule has 0 aliphatic rings. The van der Waals surface area contributed by atoms with Gasteiger partial charge in [-0.05, 0) is 41.0 Å². The van der Waals surface area contributed by atoms with Crippen molar-refractivity contribution in [3.8, 4) is 5.75 Å². The molecule has 3 aromatic rings. The first-order chi connectivity index (χ1) is 15.9. The second-order valence-electron chi connectivity index (χ2n) is 7.59. The minimum atomic E-state index is -0.450. The fourth-order valence-electron chi connectivity index (χ4n) is 3.47. The highest BCUT2D eigenvalue weighted by Gasteiger charge is 2.14. The van der Waals surface area contributed by atoms with Gasteiger partial charge in [-0.2, -0.15) is 5.10 Å². The van der Waals surface area contributed by atoms with Crippen molar-refractivity contribution >= 4 is 40.4 Å². The Bertz CT molecular complexity index is 1180. The predicted molar refractivity (Wildman–Crippen MR) is 132 cm³/mol. The molecule has 172 valence electrons. The second kappa shape index (κ2) is 11.4. The smallest absolute Gasteiger partial charge is 0.271 e. The largest absolute Gasteiger partial charge is 0.506 e. The number of phenolic OH excluding ortho intramolecular Hbond substituents is 1. The van der Waals surface area contributed by atoms with E-state index in [1.165, 1.54) is 18.2 Å². The van der Waals surface area contributed by atoms with E-state index in [2.05, 4.69) is 17.5 Å². The molecule has 4 N–H and O–H groups in total. The molecule has 2 amide bonds. The van der Waals surface area contributed by atoms with Gasteiger partial charge in [-0.3, -0.25) is 9.59 Å². The van der Waals surface area contributed by atoms with Crippen LogP contribution in [0.25, 0.3) is 10.8 Å². The molecule has 0 spiro atoms. The summed E-state index contributed by atoms with van der Waals surface area (Å²) in [4.78, 5) is 26.7. The Kier molecular flexibility index (Phi) is 8.40. The van der Waals surface area contributed by atoms with E-state index in [1.807, 2.05) is 36.4 Å². The number of rotatable bonds is 9. The van der Waals surface area contributed by atoms with Crippen molar-refractivity contribution in [1.82, 2.24) is 10.3 Å². The van der Waals surface area contributed by atoms with Gasteiger partial charge >= 0.3 is 0 Å². The number of aromatic hydroxyl groups is 1. The van der Waals surface area contributed by atoms with Gasteiger partial charge < -0.3 is 15.7 Å². The van der Waals surface area contributed by atoms with Crippen LogP contribution in [0.2, 0.25) is 5.02 Å². The zero-order valence-electron chi connectivity index (χ0n) is 18.4. The Labute approximate surface area is 197 Å². The van der Waals surface area contributed by atoms with Crippen molar-refractivity contribution in [2.75, 3.05) is 13.2 Å². The van der Waals surface area contributed by atoms with Crippen LogP contribution in [-0.2, 0) is 11.2 Å². The van der Waals surface area contributed by atoms with Gasteiger partial charge in [-0.15, -0.1) is 0 Å². The fraction of sp³-hybridized carbons (Fsp3) is 0.240. The minimum Gasteiger partial charge on any atom is -0.506 e. The van der Waals surface area contributed by atoms with Crippen LogP contribution in [0.3, 0.4) is 0 Å². The van der Waals surface area contributed by atoms with E-state index in [4.69, 9.17) is 17.3 Å². The number of hydrogen-bond donors (Lipinski definition) is 3. The number of hydrazone groups is 1. The monoisotopic (exact) mass is 466 g/mol. The summed E-state index contributed by atoms with van der Waals surface area (Å²) in [7, 11) is 0. The SMILES string of the molecule is CCCCN(CN)C(=O)Cc1ccc(/C=N/NC(=O)c2ccc(O)c(Cl)c2)c2ccccc12. The summed E-state index contributed by atoms with van der Waals surface area (Å²) in [6.07, 6.45) is 3.73. The third kappa shape index (κ3) is 6.09. The zero-order valence-corrected chi connectivity index (χ0v) is 19.2. The maximum atomic E-state index is 12.8.